The highest BCUT2D eigenvalue weighted by molar-refractivity contribution is 6.00. The van der Waals surface area contributed by atoms with Gasteiger partial charge in [-0.15, -0.1) is 0 Å². The number of rotatable bonds is 7. The molecule has 8 nitrogen and oxygen atoms in total. The first-order chi connectivity index (χ1) is 14.0. The Balaban J connectivity index is 1.53. The van der Waals surface area contributed by atoms with Crippen LogP contribution in [0.3, 0.4) is 0 Å². The van der Waals surface area contributed by atoms with Crippen LogP contribution in [0.4, 0.5) is 11.4 Å². The third kappa shape index (κ3) is 5.04. The molecule has 8 heteroatoms. The van der Waals surface area contributed by atoms with Gasteiger partial charge in [-0.05, 0) is 36.4 Å². The lowest BCUT2D eigenvalue weighted by atomic mass is 10.1. The Kier molecular flexibility index (Phi) is 6.33. The summed E-state index contributed by atoms with van der Waals surface area (Å²) in [7, 11) is 3.12. The molecular formula is C21H23N3O5. The number of ether oxygens (including phenoxy) is 2. The second-order valence-corrected chi connectivity index (χ2v) is 6.58. The summed E-state index contributed by atoms with van der Waals surface area (Å²) in [6.07, 6.45) is 0.197. The maximum absolute atomic E-state index is 12.2. The van der Waals surface area contributed by atoms with Crippen molar-refractivity contribution < 1.29 is 23.9 Å². The van der Waals surface area contributed by atoms with Gasteiger partial charge >= 0.3 is 0 Å². The number of carbonyl (C=O) groups is 3. The normalized spacial score (nSPS) is 15.7. The van der Waals surface area contributed by atoms with Crippen LogP contribution in [0.5, 0.6) is 11.5 Å². The molecule has 1 heterocycles. The third-order valence-corrected chi connectivity index (χ3v) is 4.61. The van der Waals surface area contributed by atoms with Gasteiger partial charge in [-0.3, -0.25) is 14.4 Å². The Morgan fingerprint density at radius 1 is 1.14 bits per heavy atom. The summed E-state index contributed by atoms with van der Waals surface area (Å²) in [6, 6.07) is 13.9. The number of carbonyl (C=O) groups excluding carboxylic acids is 3. The standard InChI is InChI=1S/C21H23N3O5/c1-22-21(27)14-10-20(26)24(12-14)16-6-8-17(9-7-16)29-13-19(25)23-15-4-3-5-18(11-15)28-2/h3-9,11,14H,10,12-13H2,1-2H3,(H,22,27)(H,23,25). The van der Waals surface area contributed by atoms with Gasteiger partial charge in [-0.25, -0.2) is 0 Å². The molecule has 0 radical (unpaired) electrons. The highest BCUT2D eigenvalue weighted by Crippen LogP contribution is 2.27. The van der Waals surface area contributed by atoms with E-state index in [2.05, 4.69) is 10.6 Å². The zero-order valence-corrected chi connectivity index (χ0v) is 16.3. The molecule has 0 aliphatic carbocycles. The number of methoxy groups -OCH3 is 1. The summed E-state index contributed by atoms with van der Waals surface area (Å²) >= 11 is 0. The molecule has 2 N–H and O–H groups in total. The van der Waals surface area contributed by atoms with Gasteiger partial charge in [-0.1, -0.05) is 6.07 Å². The summed E-state index contributed by atoms with van der Waals surface area (Å²) in [5.74, 6) is 0.278. The number of anilines is 2. The van der Waals surface area contributed by atoms with E-state index in [4.69, 9.17) is 9.47 Å². The molecule has 0 saturated carbocycles. The quantitative estimate of drug-likeness (QED) is 0.743. The Labute approximate surface area is 168 Å². The van der Waals surface area contributed by atoms with Crippen LogP contribution in [0.2, 0.25) is 0 Å². The Morgan fingerprint density at radius 3 is 2.59 bits per heavy atom. The molecule has 3 amide bonds. The van der Waals surface area contributed by atoms with Crippen molar-refractivity contribution >= 4 is 29.1 Å². The number of nitrogens with zero attached hydrogens (tertiary/aromatic N) is 1. The second-order valence-electron chi connectivity index (χ2n) is 6.58. The van der Waals surface area contributed by atoms with Crippen molar-refractivity contribution in [3.63, 3.8) is 0 Å². The Hall–Kier alpha value is -3.55. The monoisotopic (exact) mass is 397 g/mol. The van der Waals surface area contributed by atoms with E-state index in [9.17, 15) is 14.4 Å². The SMILES string of the molecule is CNC(=O)C1CC(=O)N(c2ccc(OCC(=O)Nc3cccc(OC)c3)cc2)C1. The molecule has 29 heavy (non-hydrogen) atoms. The minimum atomic E-state index is -0.344. The van der Waals surface area contributed by atoms with Crippen molar-refractivity contribution in [2.45, 2.75) is 6.42 Å². The largest absolute Gasteiger partial charge is 0.497 e. The topological polar surface area (TPSA) is 97.0 Å². The van der Waals surface area contributed by atoms with Gasteiger partial charge in [0.1, 0.15) is 11.5 Å². The molecule has 3 rings (SSSR count). The van der Waals surface area contributed by atoms with Gasteiger partial charge in [0.15, 0.2) is 6.61 Å². The van der Waals surface area contributed by atoms with E-state index in [1.54, 1.807) is 67.6 Å². The fourth-order valence-corrected chi connectivity index (χ4v) is 3.11. The van der Waals surface area contributed by atoms with E-state index in [1.165, 1.54) is 0 Å². The predicted octanol–water partition coefficient (Wildman–Crippen LogP) is 1.81. The average molecular weight is 397 g/mol. The summed E-state index contributed by atoms with van der Waals surface area (Å²) in [6.45, 7) is 0.194. The summed E-state index contributed by atoms with van der Waals surface area (Å²) < 4.78 is 10.6. The first kappa shape index (κ1) is 20.2. The second kappa shape index (κ2) is 9.09. The molecular weight excluding hydrogens is 374 g/mol. The van der Waals surface area contributed by atoms with E-state index >= 15 is 0 Å². The van der Waals surface area contributed by atoms with Crippen molar-refractivity contribution in [2.24, 2.45) is 5.92 Å². The fourth-order valence-electron chi connectivity index (χ4n) is 3.11. The predicted molar refractivity (Wildman–Crippen MR) is 108 cm³/mol. The number of hydrogen-bond donors (Lipinski definition) is 2. The van der Waals surface area contributed by atoms with Gasteiger partial charge in [0, 0.05) is 37.5 Å². The third-order valence-electron chi connectivity index (χ3n) is 4.61. The lowest BCUT2D eigenvalue weighted by molar-refractivity contribution is -0.125. The molecule has 1 aliphatic rings. The van der Waals surface area contributed by atoms with Crippen molar-refractivity contribution in [1.29, 1.82) is 0 Å². The number of hydrogen-bond acceptors (Lipinski definition) is 5. The molecule has 0 aromatic heterocycles. The van der Waals surface area contributed by atoms with Crippen LogP contribution in [-0.2, 0) is 14.4 Å². The van der Waals surface area contributed by atoms with Gasteiger partial charge in [-0.2, -0.15) is 0 Å². The Bertz CT molecular complexity index is 897. The van der Waals surface area contributed by atoms with Gasteiger partial charge < -0.3 is 25.0 Å². The minimum absolute atomic E-state index is 0.0927. The van der Waals surface area contributed by atoms with Crippen molar-refractivity contribution in [2.75, 3.05) is 37.5 Å². The number of nitrogens with one attached hydrogen (secondary N) is 2. The lowest BCUT2D eigenvalue weighted by Crippen LogP contribution is -2.30. The molecule has 152 valence electrons. The maximum Gasteiger partial charge on any atom is 0.262 e. The van der Waals surface area contributed by atoms with Gasteiger partial charge in [0.25, 0.3) is 5.91 Å². The summed E-state index contributed by atoms with van der Waals surface area (Å²) in [5, 5.41) is 5.31. The van der Waals surface area contributed by atoms with Crippen LogP contribution in [0.15, 0.2) is 48.5 Å². The van der Waals surface area contributed by atoms with E-state index < -0.39 is 0 Å². The molecule has 0 bridgehead atoms. The molecule has 2 aromatic carbocycles. The molecule has 1 unspecified atom stereocenters. The van der Waals surface area contributed by atoms with Gasteiger partial charge in [0.2, 0.25) is 11.8 Å². The van der Waals surface area contributed by atoms with E-state index in [-0.39, 0.29) is 36.7 Å². The van der Waals surface area contributed by atoms with Crippen molar-refractivity contribution in [3.8, 4) is 11.5 Å². The molecule has 1 saturated heterocycles. The molecule has 1 fully saturated rings. The molecule has 1 aliphatic heterocycles. The van der Waals surface area contributed by atoms with E-state index in [1.807, 2.05) is 0 Å². The first-order valence-corrected chi connectivity index (χ1v) is 9.19. The minimum Gasteiger partial charge on any atom is -0.497 e. The zero-order valence-electron chi connectivity index (χ0n) is 16.3. The fraction of sp³-hybridized carbons (Fsp3) is 0.286. The highest BCUT2D eigenvalue weighted by Gasteiger charge is 2.34. The molecule has 0 spiro atoms. The van der Waals surface area contributed by atoms with Crippen LogP contribution in [0.1, 0.15) is 6.42 Å². The van der Waals surface area contributed by atoms with Crippen LogP contribution >= 0.6 is 0 Å². The molecule has 2 aromatic rings. The Morgan fingerprint density at radius 2 is 1.90 bits per heavy atom. The van der Waals surface area contributed by atoms with E-state index in [0.717, 1.165) is 0 Å². The zero-order chi connectivity index (χ0) is 20.8. The average Bonchev–Trinajstić information content (AvgIpc) is 3.13. The van der Waals surface area contributed by atoms with Crippen molar-refractivity contribution in [3.05, 3.63) is 48.5 Å². The van der Waals surface area contributed by atoms with Gasteiger partial charge in [0.05, 0.1) is 13.0 Å². The van der Waals surface area contributed by atoms with E-state index in [0.29, 0.717) is 29.4 Å². The van der Waals surface area contributed by atoms with Crippen LogP contribution in [-0.4, -0.2) is 45.0 Å². The van der Waals surface area contributed by atoms with Crippen LogP contribution in [0.25, 0.3) is 0 Å². The highest BCUT2D eigenvalue weighted by atomic mass is 16.5. The number of benzene rings is 2. The smallest absolute Gasteiger partial charge is 0.262 e. The number of amides is 3. The molecule has 1 atom stereocenters. The maximum atomic E-state index is 12.2. The summed E-state index contributed by atoms with van der Waals surface area (Å²) in [5.41, 5.74) is 1.31. The van der Waals surface area contributed by atoms with Crippen molar-refractivity contribution in [1.82, 2.24) is 5.32 Å². The van der Waals surface area contributed by atoms with Crippen LogP contribution in [0, 0.1) is 5.92 Å². The first-order valence-electron chi connectivity index (χ1n) is 9.19. The van der Waals surface area contributed by atoms with Crippen LogP contribution < -0.4 is 25.0 Å². The summed E-state index contributed by atoms with van der Waals surface area (Å²) in [4.78, 5) is 37.6. The lowest BCUT2D eigenvalue weighted by Gasteiger charge is -2.17.